The van der Waals surface area contributed by atoms with E-state index < -0.39 is 0 Å². The number of thiazole rings is 1. The van der Waals surface area contributed by atoms with Gasteiger partial charge in [-0.1, -0.05) is 36.3 Å². The second kappa shape index (κ2) is 5.53. The lowest BCUT2D eigenvalue weighted by Crippen LogP contribution is -2.17. The summed E-state index contributed by atoms with van der Waals surface area (Å²) in [5, 5.41) is 10.3. The molecule has 0 fully saturated rings. The maximum Gasteiger partial charge on any atom is 0.186 e. The van der Waals surface area contributed by atoms with E-state index >= 15 is 0 Å². The molecule has 1 N–H and O–H groups in total. The van der Waals surface area contributed by atoms with Crippen molar-refractivity contribution in [3.8, 4) is 0 Å². The molecule has 0 spiro atoms. The molecule has 14 heavy (non-hydrogen) atoms. The second-order valence-corrected chi connectivity index (χ2v) is 4.56. The first-order chi connectivity index (χ1) is 6.69. The molecule has 0 saturated heterocycles. The minimum atomic E-state index is -0.0296. The number of halogens is 1. The summed E-state index contributed by atoms with van der Waals surface area (Å²) in [7, 11) is 1.99. The van der Waals surface area contributed by atoms with Gasteiger partial charge in [0, 0.05) is 13.6 Å². The Balaban J connectivity index is 2.65. The third-order valence-corrected chi connectivity index (χ3v) is 3.53. The maximum atomic E-state index is 8.96. The van der Waals surface area contributed by atoms with Crippen LogP contribution in [0, 0.1) is 0 Å². The van der Waals surface area contributed by atoms with E-state index in [1.807, 2.05) is 7.05 Å². The van der Waals surface area contributed by atoms with Crippen molar-refractivity contribution in [1.29, 1.82) is 0 Å². The second-order valence-electron chi connectivity index (χ2n) is 3.14. The summed E-state index contributed by atoms with van der Waals surface area (Å²) < 4.78 is 0. The summed E-state index contributed by atoms with van der Waals surface area (Å²) in [5.41, 5.74) is 0. The smallest absolute Gasteiger partial charge is 0.186 e. The molecule has 3 nitrogen and oxygen atoms in total. The number of hydrogen-bond donors (Lipinski definition) is 1. The standard InChI is InChI=1S/C9H15ClN2OS/c1-3-4-5-12(2)9-11-8(10)7(6-13)14-9/h13H,3-6H2,1-2H3. The van der Waals surface area contributed by atoms with Gasteiger partial charge in [-0.15, -0.1) is 0 Å². The van der Waals surface area contributed by atoms with E-state index in [0.29, 0.717) is 5.15 Å². The molecule has 0 aliphatic rings. The Morgan fingerprint density at radius 2 is 2.29 bits per heavy atom. The van der Waals surface area contributed by atoms with Crippen molar-refractivity contribution in [2.75, 3.05) is 18.5 Å². The average Bonchev–Trinajstić information content (AvgIpc) is 2.56. The van der Waals surface area contributed by atoms with E-state index in [4.69, 9.17) is 16.7 Å². The molecule has 80 valence electrons. The summed E-state index contributed by atoms with van der Waals surface area (Å²) in [4.78, 5) is 6.99. The average molecular weight is 235 g/mol. The number of hydrogen-bond acceptors (Lipinski definition) is 4. The Morgan fingerprint density at radius 1 is 1.57 bits per heavy atom. The molecule has 0 amide bonds. The molecular formula is C9H15ClN2OS. The van der Waals surface area contributed by atoms with Crippen LogP contribution in [0.5, 0.6) is 0 Å². The van der Waals surface area contributed by atoms with Crippen molar-refractivity contribution in [2.45, 2.75) is 26.4 Å². The number of aromatic nitrogens is 1. The predicted molar refractivity (Wildman–Crippen MR) is 61.2 cm³/mol. The number of anilines is 1. The molecule has 0 aliphatic heterocycles. The summed E-state index contributed by atoms with van der Waals surface area (Å²) in [6.45, 7) is 3.10. The highest BCUT2D eigenvalue weighted by Gasteiger charge is 2.10. The van der Waals surface area contributed by atoms with Crippen molar-refractivity contribution in [3.63, 3.8) is 0 Å². The van der Waals surface area contributed by atoms with Crippen LogP contribution in [0.2, 0.25) is 5.15 Å². The Bertz CT molecular complexity index is 290. The van der Waals surface area contributed by atoms with Crippen LogP contribution < -0.4 is 4.90 Å². The fraction of sp³-hybridized carbons (Fsp3) is 0.667. The van der Waals surface area contributed by atoms with Crippen molar-refractivity contribution in [3.05, 3.63) is 10.0 Å². The maximum absolute atomic E-state index is 8.96. The minimum absolute atomic E-state index is 0.0296. The van der Waals surface area contributed by atoms with Crippen LogP contribution in [0.25, 0.3) is 0 Å². The molecule has 1 aromatic rings. The van der Waals surface area contributed by atoms with Crippen LogP contribution in [0.4, 0.5) is 5.13 Å². The van der Waals surface area contributed by atoms with Gasteiger partial charge < -0.3 is 10.0 Å². The van der Waals surface area contributed by atoms with E-state index in [-0.39, 0.29) is 6.61 Å². The van der Waals surface area contributed by atoms with E-state index in [1.165, 1.54) is 11.3 Å². The van der Waals surface area contributed by atoms with E-state index in [1.54, 1.807) is 0 Å². The molecule has 0 radical (unpaired) electrons. The lowest BCUT2D eigenvalue weighted by Gasteiger charge is -2.14. The largest absolute Gasteiger partial charge is 0.391 e. The molecule has 0 unspecified atom stereocenters. The molecule has 0 bridgehead atoms. The highest BCUT2D eigenvalue weighted by molar-refractivity contribution is 7.16. The number of rotatable bonds is 5. The normalized spacial score (nSPS) is 10.6. The van der Waals surface area contributed by atoms with E-state index in [0.717, 1.165) is 29.4 Å². The molecule has 0 aromatic carbocycles. The van der Waals surface area contributed by atoms with Gasteiger partial charge in [0.05, 0.1) is 11.5 Å². The monoisotopic (exact) mass is 234 g/mol. The molecule has 1 aromatic heterocycles. The zero-order valence-electron chi connectivity index (χ0n) is 8.46. The van der Waals surface area contributed by atoms with Gasteiger partial charge in [-0.3, -0.25) is 0 Å². The number of unbranched alkanes of at least 4 members (excludes halogenated alkanes) is 1. The Labute approximate surface area is 93.3 Å². The third kappa shape index (κ3) is 2.83. The van der Waals surface area contributed by atoms with Crippen molar-refractivity contribution >= 4 is 28.1 Å². The van der Waals surface area contributed by atoms with E-state index in [2.05, 4.69) is 16.8 Å². The number of nitrogens with zero attached hydrogens (tertiary/aromatic N) is 2. The summed E-state index contributed by atoms with van der Waals surface area (Å²) in [6, 6.07) is 0. The van der Waals surface area contributed by atoms with Crippen LogP contribution in [-0.4, -0.2) is 23.7 Å². The summed E-state index contributed by atoms with van der Waals surface area (Å²) in [5.74, 6) is 0. The van der Waals surface area contributed by atoms with Crippen LogP contribution in [0.15, 0.2) is 0 Å². The molecular weight excluding hydrogens is 220 g/mol. The molecule has 0 atom stereocenters. The molecule has 1 rings (SSSR count). The Morgan fingerprint density at radius 3 is 2.79 bits per heavy atom. The first-order valence-corrected chi connectivity index (χ1v) is 5.85. The van der Waals surface area contributed by atoms with Gasteiger partial charge in [0.15, 0.2) is 5.13 Å². The van der Waals surface area contributed by atoms with Gasteiger partial charge >= 0.3 is 0 Å². The zero-order chi connectivity index (χ0) is 10.6. The Hall–Kier alpha value is -0.320. The van der Waals surface area contributed by atoms with Gasteiger partial charge in [-0.05, 0) is 6.42 Å². The Kier molecular flexibility index (Phi) is 4.65. The van der Waals surface area contributed by atoms with Crippen LogP contribution in [0.3, 0.4) is 0 Å². The fourth-order valence-electron chi connectivity index (χ4n) is 1.07. The van der Waals surface area contributed by atoms with Crippen molar-refractivity contribution < 1.29 is 5.11 Å². The fourth-order valence-corrected chi connectivity index (χ4v) is 2.18. The third-order valence-electron chi connectivity index (χ3n) is 1.96. The van der Waals surface area contributed by atoms with Gasteiger partial charge in [0.2, 0.25) is 0 Å². The summed E-state index contributed by atoms with van der Waals surface area (Å²) >= 11 is 7.29. The SMILES string of the molecule is CCCCN(C)c1nc(Cl)c(CO)s1. The first-order valence-electron chi connectivity index (χ1n) is 4.66. The minimum Gasteiger partial charge on any atom is -0.391 e. The molecule has 0 saturated carbocycles. The van der Waals surface area contributed by atoms with Crippen LogP contribution in [-0.2, 0) is 6.61 Å². The topological polar surface area (TPSA) is 36.4 Å². The summed E-state index contributed by atoms with van der Waals surface area (Å²) in [6.07, 6.45) is 2.30. The zero-order valence-corrected chi connectivity index (χ0v) is 10.0. The number of aliphatic hydroxyl groups excluding tert-OH is 1. The van der Waals surface area contributed by atoms with Crippen molar-refractivity contribution in [2.24, 2.45) is 0 Å². The highest BCUT2D eigenvalue weighted by Crippen LogP contribution is 2.28. The lowest BCUT2D eigenvalue weighted by atomic mass is 10.3. The van der Waals surface area contributed by atoms with Crippen molar-refractivity contribution in [1.82, 2.24) is 4.98 Å². The lowest BCUT2D eigenvalue weighted by molar-refractivity contribution is 0.285. The van der Waals surface area contributed by atoms with Crippen LogP contribution in [0.1, 0.15) is 24.6 Å². The molecule has 1 heterocycles. The predicted octanol–water partition coefficient (Wildman–Crippen LogP) is 2.53. The highest BCUT2D eigenvalue weighted by atomic mass is 35.5. The van der Waals surface area contributed by atoms with E-state index in [9.17, 15) is 0 Å². The van der Waals surface area contributed by atoms with Gasteiger partial charge in [0.1, 0.15) is 5.15 Å². The quantitative estimate of drug-likeness (QED) is 0.851. The molecule has 0 aliphatic carbocycles. The van der Waals surface area contributed by atoms with Gasteiger partial charge in [0.25, 0.3) is 0 Å². The number of aliphatic hydroxyl groups is 1. The molecule has 5 heteroatoms. The first kappa shape index (κ1) is 11.8. The van der Waals surface area contributed by atoms with Gasteiger partial charge in [-0.25, -0.2) is 4.98 Å². The van der Waals surface area contributed by atoms with Gasteiger partial charge in [-0.2, -0.15) is 0 Å². The van der Waals surface area contributed by atoms with Crippen LogP contribution >= 0.6 is 22.9 Å².